The van der Waals surface area contributed by atoms with Crippen molar-refractivity contribution in [2.45, 2.75) is 31.2 Å². The van der Waals surface area contributed by atoms with E-state index in [9.17, 15) is 18.0 Å². The highest BCUT2D eigenvalue weighted by Crippen LogP contribution is 2.25. The normalized spacial score (nSPS) is 17.5. The van der Waals surface area contributed by atoms with Crippen LogP contribution in [0.1, 0.15) is 25.3 Å². The van der Waals surface area contributed by atoms with Gasteiger partial charge < -0.3 is 10.6 Å². The van der Waals surface area contributed by atoms with E-state index in [4.69, 9.17) is 0 Å². The van der Waals surface area contributed by atoms with Gasteiger partial charge in [-0.3, -0.25) is 14.6 Å². The molecule has 0 unspecified atom stereocenters. The number of rotatable bonds is 6. The van der Waals surface area contributed by atoms with Gasteiger partial charge in [-0.1, -0.05) is 6.07 Å². The molecule has 1 aromatic carbocycles. The SMILES string of the molecule is CC(=O)Nc1ccc(S(=O)(=O)N2CCC[C@H](C(=O)NCc3cccnc3)C2)cc1. The van der Waals surface area contributed by atoms with Crippen molar-refractivity contribution < 1.29 is 18.0 Å². The minimum atomic E-state index is -3.71. The topological polar surface area (TPSA) is 108 Å². The van der Waals surface area contributed by atoms with E-state index in [1.54, 1.807) is 30.6 Å². The maximum absolute atomic E-state index is 13.0. The first-order valence-electron chi connectivity index (χ1n) is 9.40. The Hall–Kier alpha value is -2.78. The summed E-state index contributed by atoms with van der Waals surface area (Å²) in [6.07, 6.45) is 4.61. The molecule has 2 N–H and O–H groups in total. The van der Waals surface area contributed by atoms with Gasteiger partial charge in [0.05, 0.1) is 10.8 Å². The van der Waals surface area contributed by atoms with Crippen molar-refractivity contribution in [2.24, 2.45) is 5.92 Å². The second-order valence-electron chi connectivity index (χ2n) is 6.99. The lowest BCUT2D eigenvalue weighted by Crippen LogP contribution is -2.45. The lowest BCUT2D eigenvalue weighted by molar-refractivity contribution is -0.126. The molecular formula is C20H24N4O4S. The molecule has 0 saturated carbocycles. The maximum Gasteiger partial charge on any atom is 0.243 e. The molecule has 0 radical (unpaired) electrons. The van der Waals surface area contributed by atoms with Crippen LogP contribution in [0.4, 0.5) is 5.69 Å². The average Bonchev–Trinajstić information content (AvgIpc) is 2.73. The summed E-state index contributed by atoms with van der Waals surface area (Å²) in [5, 5.41) is 5.47. The lowest BCUT2D eigenvalue weighted by Gasteiger charge is -2.31. The van der Waals surface area contributed by atoms with E-state index in [0.717, 1.165) is 5.56 Å². The number of hydrogen-bond donors (Lipinski definition) is 2. The zero-order valence-electron chi connectivity index (χ0n) is 16.2. The summed E-state index contributed by atoms with van der Waals surface area (Å²) < 4.78 is 27.3. The van der Waals surface area contributed by atoms with Crippen LogP contribution < -0.4 is 10.6 Å². The largest absolute Gasteiger partial charge is 0.352 e. The second-order valence-corrected chi connectivity index (χ2v) is 8.92. The Morgan fingerprint density at radius 3 is 2.62 bits per heavy atom. The number of pyridine rings is 1. The van der Waals surface area contributed by atoms with Crippen LogP contribution >= 0.6 is 0 Å². The highest BCUT2D eigenvalue weighted by molar-refractivity contribution is 7.89. The van der Waals surface area contributed by atoms with Crippen molar-refractivity contribution in [3.05, 3.63) is 54.4 Å². The first kappa shape index (κ1) is 20.9. The molecule has 0 aliphatic carbocycles. The number of nitrogens with one attached hydrogen (secondary N) is 2. The predicted octanol–water partition coefficient (Wildman–Crippen LogP) is 1.76. The van der Waals surface area contributed by atoms with Gasteiger partial charge in [0.2, 0.25) is 21.8 Å². The Balaban J connectivity index is 1.64. The van der Waals surface area contributed by atoms with E-state index in [0.29, 0.717) is 31.6 Å². The highest BCUT2D eigenvalue weighted by Gasteiger charge is 2.33. The van der Waals surface area contributed by atoms with E-state index < -0.39 is 15.9 Å². The number of hydrogen-bond acceptors (Lipinski definition) is 5. The summed E-state index contributed by atoms with van der Waals surface area (Å²) >= 11 is 0. The van der Waals surface area contributed by atoms with E-state index >= 15 is 0 Å². The fourth-order valence-electron chi connectivity index (χ4n) is 3.27. The molecule has 2 amide bonds. The van der Waals surface area contributed by atoms with Crippen molar-refractivity contribution in [3.63, 3.8) is 0 Å². The van der Waals surface area contributed by atoms with Crippen LogP contribution in [0.2, 0.25) is 0 Å². The summed E-state index contributed by atoms with van der Waals surface area (Å²) in [6, 6.07) is 9.70. The smallest absolute Gasteiger partial charge is 0.243 e. The minimum Gasteiger partial charge on any atom is -0.352 e. The van der Waals surface area contributed by atoms with Crippen LogP contribution in [0.5, 0.6) is 0 Å². The van der Waals surface area contributed by atoms with E-state index in [2.05, 4.69) is 15.6 Å². The van der Waals surface area contributed by atoms with E-state index in [1.165, 1.54) is 23.4 Å². The van der Waals surface area contributed by atoms with Crippen LogP contribution in [0.25, 0.3) is 0 Å². The average molecular weight is 417 g/mol. The Labute approximate surface area is 170 Å². The third-order valence-electron chi connectivity index (χ3n) is 4.76. The van der Waals surface area contributed by atoms with Gasteiger partial charge in [-0.2, -0.15) is 4.31 Å². The molecule has 2 heterocycles. The molecule has 2 aromatic rings. The Morgan fingerprint density at radius 1 is 1.21 bits per heavy atom. The molecule has 0 bridgehead atoms. The third kappa shape index (κ3) is 5.39. The zero-order chi connectivity index (χ0) is 20.9. The van der Waals surface area contributed by atoms with Gasteiger partial charge in [0.1, 0.15) is 0 Å². The van der Waals surface area contributed by atoms with E-state index in [1.807, 2.05) is 6.07 Å². The first-order valence-corrected chi connectivity index (χ1v) is 10.8. The number of amides is 2. The molecule has 3 rings (SSSR count). The van der Waals surface area contributed by atoms with Crippen molar-refractivity contribution in [1.29, 1.82) is 0 Å². The molecule has 1 aromatic heterocycles. The molecule has 29 heavy (non-hydrogen) atoms. The molecular weight excluding hydrogens is 392 g/mol. The van der Waals surface area contributed by atoms with E-state index in [-0.39, 0.29) is 23.3 Å². The number of carbonyl (C=O) groups excluding carboxylic acids is 2. The molecule has 1 aliphatic heterocycles. The molecule has 1 saturated heterocycles. The van der Waals surface area contributed by atoms with Crippen molar-refractivity contribution >= 4 is 27.5 Å². The number of aromatic nitrogens is 1. The summed E-state index contributed by atoms with van der Waals surface area (Å²) in [7, 11) is -3.71. The van der Waals surface area contributed by atoms with Crippen LogP contribution in [0.15, 0.2) is 53.7 Å². The summed E-state index contributed by atoms with van der Waals surface area (Å²) in [5.41, 5.74) is 1.42. The summed E-state index contributed by atoms with van der Waals surface area (Å²) in [6.45, 7) is 2.27. The molecule has 0 spiro atoms. The number of benzene rings is 1. The van der Waals surface area contributed by atoms with Crippen molar-refractivity contribution in [3.8, 4) is 0 Å². The molecule has 154 valence electrons. The van der Waals surface area contributed by atoms with Crippen LogP contribution in [0, 0.1) is 5.92 Å². The maximum atomic E-state index is 13.0. The summed E-state index contributed by atoms with van der Waals surface area (Å²) in [5.74, 6) is -0.777. The highest BCUT2D eigenvalue weighted by atomic mass is 32.2. The molecule has 9 heteroatoms. The fraction of sp³-hybridized carbons (Fsp3) is 0.350. The minimum absolute atomic E-state index is 0.142. The molecule has 1 aliphatic rings. The Bertz CT molecular complexity index is 962. The van der Waals surface area contributed by atoms with Gasteiger partial charge >= 0.3 is 0 Å². The Kier molecular flexibility index (Phi) is 6.60. The molecule has 8 nitrogen and oxygen atoms in total. The molecule has 1 fully saturated rings. The van der Waals surface area contributed by atoms with Crippen LogP contribution in [-0.4, -0.2) is 42.6 Å². The van der Waals surface area contributed by atoms with Crippen LogP contribution in [-0.2, 0) is 26.2 Å². The second kappa shape index (κ2) is 9.15. The lowest BCUT2D eigenvalue weighted by atomic mass is 9.99. The number of nitrogens with zero attached hydrogens (tertiary/aromatic N) is 2. The first-order chi connectivity index (χ1) is 13.9. The fourth-order valence-corrected chi connectivity index (χ4v) is 4.80. The van der Waals surface area contributed by atoms with Crippen molar-refractivity contribution in [1.82, 2.24) is 14.6 Å². The van der Waals surface area contributed by atoms with Crippen LogP contribution in [0.3, 0.4) is 0 Å². The van der Waals surface area contributed by atoms with Crippen molar-refractivity contribution in [2.75, 3.05) is 18.4 Å². The number of carbonyl (C=O) groups is 2. The van der Waals surface area contributed by atoms with Gasteiger partial charge in [0.15, 0.2) is 0 Å². The molecule has 1 atom stereocenters. The number of piperidine rings is 1. The Morgan fingerprint density at radius 2 is 1.97 bits per heavy atom. The van der Waals surface area contributed by atoms with Gasteiger partial charge in [0.25, 0.3) is 0 Å². The van der Waals surface area contributed by atoms with Gasteiger partial charge in [-0.05, 0) is 48.7 Å². The third-order valence-corrected chi connectivity index (χ3v) is 6.64. The predicted molar refractivity (Wildman–Crippen MR) is 108 cm³/mol. The van der Waals surface area contributed by atoms with Gasteiger partial charge in [0, 0.05) is 44.6 Å². The van der Waals surface area contributed by atoms with Gasteiger partial charge in [-0.25, -0.2) is 8.42 Å². The number of sulfonamides is 1. The number of anilines is 1. The monoisotopic (exact) mass is 416 g/mol. The standard InChI is InChI=1S/C20H24N4O4S/c1-15(25)23-18-6-8-19(9-7-18)29(27,28)24-11-3-5-17(14-24)20(26)22-13-16-4-2-10-21-12-16/h2,4,6-10,12,17H,3,5,11,13-14H2,1H3,(H,22,26)(H,23,25)/t17-/m0/s1. The quantitative estimate of drug-likeness (QED) is 0.746. The summed E-state index contributed by atoms with van der Waals surface area (Å²) in [4.78, 5) is 27.8. The van der Waals surface area contributed by atoms with Gasteiger partial charge in [-0.15, -0.1) is 0 Å². The zero-order valence-corrected chi connectivity index (χ0v) is 17.0.